The van der Waals surface area contributed by atoms with Crippen LogP contribution in [0.2, 0.25) is 0 Å². The lowest BCUT2D eigenvalue weighted by atomic mass is 10.0. The molecule has 0 saturated carbocycles. The van der Waals surface area contributed by atoms with Crippen molar-refractivity contribution >= 4 is 22.0 Å². The van der Waals surface area contributed by atoms with Gasteiger partial charge in [0.15, 0.2) is 0 Å². The van der Waals surface area contributed by atoms with Crippen molar-refractivity contribution < 1.29 is 18.0 Å². The lowest BCUT2D eigenvalue weighted by molar-refractivity contribution is 0.0708. The van der Waals surface area contributed by atoms with E-state index in [2.05, 4.69) is 10.6 Å². The summed E-state index contributed by atoms with van der Waals surface area (Å²) >= 11 is 0. The van der Waals surface area contributed by atoms with Gasteiger partial charge in [-0.2, -0.15) is 0 Å². The Morgan fingerprint density at radius 1 is 1.03 bits per heavy atom. The van der Waals surface area contributed by atoms with Gasteiger partial charge >= 0.3 is 6.03 Å². The number of likely N-dealkylation sites (tertiary alicyclic amines) is 1. The zero-order valence-corrected chi connectivity index (χ0v) is 17.6. The Morgan fingerprint density at radius 2 is 1.63 bits per heavy atom. The molecule has 160 valence electrons. The highest BCUT2D eigenvalue weighted by Gasteiger charge is 2.25. The molecule has 2 aromatic rings. The minimum atomic E-state index is -3.74. The Kier molecular flexibility index (Phi) is 6.73. The number of nitrogens with zero attached hydrogens (tertiary/aromatic N) is 1. The molecule has 9 heteroatoms. The number of nitrogens with one attached hydrogen (secondary N) is 2. The van der Waals surface area contributed by atoms with Crippen LogP contribution in [0.25, 0.3) is 0 Å². The van der Waals surface area contributed by atoms with Crippen molar-refractivity contribution in [2.45, 2.75) is 36.7 Å². The Morgan fingerprint density at radius 3 is 2.20 bits per heavy atom. The normalized spacial score (nSPS) is 16.0. The fraction of sp³-hybridized carbons (Fsp3) is 0.333. The average Bonchev–Trinajstić information content (AvgIpc) is 2.74. The van der Waals surface area contributed by atoms with E-state index in [9.17, 15) is 18.0 Å². The van der Waals surface area contributed by atoms with Gasteiger partial charge in [-0.25, -0.2) is 18.4 Å². The number of carbonyl (C=O) groups is 2. The van der Waals surface area contributed by atoms with E-state index in [-0.39, 0.29) is 28.9 Å². The molecule has 1 atom stereocenters. The summed E-state index contributed by atoms with van der Waals surface area (Å²) in [5, 5.41) is 10.9. The number of urea groups is 1. The van der Waals surface area contributed by atoms with Crippen LogP contribution in [-0.2, 0) is 10.0 Å². The molecule has 1 heterocycles. The minimum absolute atomic E-state index is 0.00932. The first-order valence-corrected chi connectivity index (χ1v) is 11.3. The van der Waals surface area contributed by atoms with Gasteiger partial charge in [-0.05, 0) is 49.6 Å². The number of sulfonamides is 1. The molecular weight excluding hydrogens is 404 g/mol. The van der Waals surface area contributed by atoms with Gasteiger partial charge in [0.25, 0.3) is 5.91 Å². The van der Waals surface area contributed by atoms with Crippen molar-refractivity contribution in [3.05, 3.63) is 65.7 Å². The van der Waals surface area contributed by atoms with Crippen LogP contribution in [-0.4, -0.2) is 44.4 Å². The predicted octanol–water partition coefficient (Wildman–Crippen LogP) is 2.00. The minimum Gasteiger partial charge on any atom is -0.338 e. The van der Waals surface area contributed by atoms with Crippen LogP contribution in [0.1, 0.15) is 41.7 Å². The highest BCUT2D eigenvalue weighted by Crippen LogP contribution is 2.17. The van der Waals surface area contributed by atoms with Crippen LogP contribution in [0.4, 0.5) is 4.79 Å². The summed E-state index contributed by atoms with van der Waals surface area (Å²) in [5.74, 6) is 0.00932. The number of hydrogen-bond donors (Lipinski definition) is 3. The maximum atomic E-state index is 12.5. The Bertz CT molecular complexity index is 985. The number of primary sulfonamides is 1. The molecule has 0 aliphatic carbocycles. The lowest BCUT2D eigenvalue weighted by Gasteiger charge is -2.32. The number of hydrogen-bond acceptors (Lipinski definition) is 4. The van der Waals surface area contributed by atoms with Crippen molar-refractivity contribution in [3.63, 3.8) is 0 Å². The summed E-state index contributed by atoms with van der Waals surface area (Å²) in [6.45, 7) is 2.99. The molecule has 2 aromatic carbocycles. The summed E-state index contributed by atoms with van der Waals surface area (Å²) in [4.78, 5) is 26.7. The molecule has 30 heavy (non-hydrogen) atoms. The zero-order valence-electron chi connectivity index (χ0n) is 16.7. The Hall–Kier alpha value is -2.91. The topological polar surface area (TPSA) is 122 Å². The first kappa shape index (κ1) is 21.8. The standard InChI is InChI=1S/C21H26N4O4S/c1-15(16-7-9-19(10-8-16)30(22,28)29)23-21(27)24-18-11-13-25(14-12-18)20(26)17-5-3-2-4-6-17/h2-10,15,18H,11-14H2,1H3,(H2,22,28,29)(H2,23,24,27)/t15-/m1/s1. The molecule has 0 unspecified atom stereocenters. The van der Waals surface area contributed by atoms with Crippen LogP contribution in [0.5, 0.6) is 0 Å². The molecule has 1 fully saturated rings. The van der Waals surface area contributed by atoms with E-state index in [1.165, 1.54) is 12.1 Å². The summed E-state index contributed by atoms with van der Waals surface area (Å²) < 4.78 is 22.7. The number of nitrogens with two attached hydrogens (primary N) is 1. The van der Waals surface area contributed by atoms with E-state index in [0.717, 1.165) is 5.56 Å². The van der Waals surface area contributed by atoms with Crippen LogP contribution in [0.3, 0.4) is 0 Å². The van der Waals surface area contributed by atoms with E-state index < -0.39 is 10.0 Å². The molecule has 1 aliphatic rings. The molecule has 0 aromatic heterocycles. The number of carbonyl (C=O) groups excluding carboxylic acids is 2. The smallest absolute Gasteiger partial charge is 0.315 e. The summed E-state index contributed by atoms with van der Waals surface area (Å²) in [5.41, 5.74) is 1.43. The third kappa shape index (κ3) is 5.58. The maximum absolute atomic E-state index is 12.5. The number of rotatable bonds is 5. The second kappa shape index (κ2) is 9.27. The van der Waals surface area contributed by atoms with E-state index in [1.54, 1.807) is 29.2 Å². The van der Waals surface area contributed by atoms with E-state index in [1.807, 2.05) is 25.1 Å². The highest BCUT2D eigenvalue weighted by molar-refractivity contribution is 7.89. The first-order chi connectivity index (χ1) is 14.2. The van der Waals surface area contributed by atoms with Gasteiger partial charge in [0.05, 0.1) is 10.9 Å². The first-order valence-electron chi connectivity index (χ1n) is 9.78. The van der Waals surface area contributed by atoms with E-state index in [4.69, 9.17) is 5.14 Å². The van der Waals surface area contributed by atoms with Gasteiger partial charge in [0.1, 0.15) is 0 Å². The molecule has 0 spiro atoms. The number of benzene rings is 2. The maximum Gasteiger partial charge on any atom is 0.315 e. The lowest BCUT2D eigenvalue weighted by Crippen LogP contribution is -2.49. The fourth-order valence-electron chi connectivity index (χ4n) is 3.44. The molecule has 0 bridgehead atoms. The Labute approximate surface area is 176 Å². The van der Waals surface area contributed by atoms with Crippen molar-refractivity contribution in [2.75, 3.05) is 13.1 Å². The molecular formula is C21H26N4O4S. The summed E-state index contributed by atoms with van der Waals surface area (Å²) in [7, 11) is -3.74. The van der Waals surface area contributed by atoms with Gasteiger partial charge in [-0.15, -0.1) is 0 Å². The second-order valence-electron chi connectivity index (χ2n) is 7.39. The third-order valence-corrected chi connectivity index (χ3v) is 6.12. The second-order valence-corrected chi connectivity index (χ2v) is 8.95. The van der Waals surface area contributed by atoms with Crippen molar-refractivity contribution in [3.8, 4) is 0 Å². The van der Waals surface area contributed by atoms with Crippen molar-refractivity contribution in [1.29, 1.82) is 0 Å². The van der Waals surface area contributed by atoms with Gasteiger partial charge < -0.3 is 15.5 Å². The van der Waals surface area contributed by atoms with Crippen molar-refractivity contribution in [1.82, 2.24) is 15.5 Å². The highest BCUT2D eigenvalue weighted by atomic mass is 32.2. The number of piperidine rings is 1. The fourth-order valence-corrected chi connectivity index (χ4v) is 3.96. The van der Waals surface area contributed by atoms with Crippen LogP contribution in [0, 0.1) is 0 Å². The molecule has 4 N–H and O–H groups in total. The van der Waals surface area contributed by atoms with Gasteiger partial charge in [-0.1, -0.05) is 30.3 Å². The van der Waals surface area contributed by atoms with Crippen LogP contribution < -0.4 is 15.8 Å². The Balaban J connectivity index is 1.47. The van der Waals surface area contributed by atoms with Crippen LogP contribution >= 0.6 is 0 Å². The molecule has 1 aliphatic heterocycles. The zero-order chi connectivity index (χ0) is 21.7. The molecule has 3 amide bonds. The third-order valence-electron chi connectivity index (χ3n) is 5.19. The SMILES string of the molecule is C[C@@H](NC(=O)NC1CCN(C(=O)c2ccccc2)CC1)c1ccc(S(N)(=O)=O)cc1. The van der Waals surface area contributed by atoms with Crippen LogP contribution in [0.15, 0.2) is 59.5 Å². The average molecular weight is 431 g/mol. The number of amides is 3. The molecule has 0 radical (unpaired) electrons. The molecule has 3 rings (SSSR count). The van der Waals surface area contributed by atoms with Gasteiger partial charge in [0, 0.05) is 24.7 Å². The predicted molar refractivity (Wildman–Crippen MR) is 113 cm³/mol. The monoisotopic (exact) mass is 430 g/mol. The van der Waals surface area contributed by atoms with E-state index in [0.29, 0.717) is 31.5 Å². The molecule has 8 nitrogen and oxygen atoms in total. The van der Waals surface area contributed by atoms with Gasteiger partial charge in [-0.3, -0.25) is 4.79 Å². The summed E-state index contributed by atoms with van der Waals surface area (Å²) in [6.07, 6.45) is 1.37. The quantitative estimate of drug-likeness (QED) is 0.671. The van der Waals surface area contributed by atoms with Gasteiger partial charge in [0.2, 0.25) is 10.0 Å². The van der Waals surface area contributed by atoms with E-state index >= 15 is 0 Å². The summed E-state index contributed by atoms with van der Waals surface area (Å²) in [6, 6.07) is 14.6. The molecule has 1 saturated heterocycles. The largest absolute Gasteiger partial charge is 0.338 e. The van der Waals surface area contributed by atoms with Crippen molar-refractivity contribution in [2.24, 2.45) is 5.14 Å².